The Balaban J connectivity index is 1.93. The number of fused-ring (bicyclic) bond motifs is 2. The van der Waals surface area contributed by atoms with Crippen LogP contribution in [0.3, 0.4) is 0 Å². The summed E-state index contributed by atoms with van der Waals surface area (Å²) >= 11 is 3.43. The fourth-order valence-corrected chi connectivity index (χ4v) is 3.27. The Bertz CT molecular complexity index is 414. The average Bonchev–Trinajstić information content (AvgIpc) is 2.68. The van der Waals surface area contributed by atoms with Crippen LogP contribution in [0.5, 0.6) is 0 Å². The van der Waals surface area contributed by atoms with Gasteiger partial charge in [-0.3, -0.25) is 0 Å². The van der Waals surface area contributed by atoms with Gasteiger partial charge in [-0.25, -0.2) is 4.39 Å². The van der Waals surface area contributed by atoms with Crippen molar-refractivity contribution in [2.75, 3.05) is 18.0 Å². The number of halogens is 2. The van der Waals surface area contributed by atoms with E-state index in [2.05, 4.69) is 20.8 Å². The summed E-state index contributed by atoms with van der Waals surface area (Å²) in [4.78, 5) is 2.15. The molecule has 1 aromatic rings. The topological polar surface area (TPSA) is 12.5 Å². The summed E-state index contributed by atoms with van der Waals surface area (Å²) < 4.78 is 19.8. The minimum absolute atomic E-state index is 0.122. The zero-order valence-corrected chi connectivity index (χ0v) is 11.1. The first-order valence-corrected chi connectivity index (χ1v) is 7.14. The van der Waals surface area contributed by atoms with Gasteiger partial charge in [0.15, 0.2) is 0 Å². The maximum Gasteiger partial charge on any atom is 0.146 e. The monoisotopic (exact) mass is 299 g/mol. The molecule has 2 aliphatic rings. The van der Waals surface area contributed by atoms with Crippen molar-refractivity contribution in [1.29, 1.82) is 0 Å². The number of rotatable bonds is 2. The van der Waals surface area contributed by atoms with Crippen LogP contribution in [0.25, 0.3) is 0 Å². The molecule has 17 heavy (non-hydrogen) atoms. The van der Waals surface area contributed by atoms with Crippen LogP contribution < -0.4 is 4.90 Å². The van der Waals surface area contributed by atoms with E-state index in [4.69, 9.17) is 4.74 Å². The average molecular weight is 300 g/mol. The summed E-state index contributed by atoms with van der Waals surface area (Å²) in [6, 6.07) is 5.29. The highest BCUT2D eigenvalue weighted by atomic mass is 79.9. The summed E-state index contributed by atoms with van der Waals surface area (Å²) in [6.07, 6.45) is 2.80. The summed E-state index contributed by atoms with van der Waals surface area (Å²) in [5.74, 6) is -0.122. The van der Waals surface area contributed by atoms with Crippen molar-refractivity contribution >= 4 is 21.6 Å². The fourth-order valence-electron chi connectivity index (χ4n) is 2.82. The quantitative estimate of drug-likeness (QED) is 0.778. The number of para-hydroxylation sites is 1. The Labute approximate surface area is 109 Å². The number of morpholine rings is 1. The normalized spacial score (nSPS) is 27.5. The number of ether oxygens (including phenoxy) is 1. The van der Waals surface area contributed by atoms with Crippen molar-refractivity contribution in [3.8, 4) is 0 Å². The third-order valence-corrected chi connectivity index (χ3v) is 4.18. The molecule has 0 N–H and O–H groups in total. The molecule has 0 aliphatic carbocycles. The van der Waals surface area contributed by atoms with Gasteiger partial charge in [-0.15, -0.1) is 0 Å². The largest absolute Gasteiger partial charge is 0.371 e. The molecule has 0 amide bonds. The van der Waals surface area contributed by atoms with Gasteiger partial charge in [0.1, 0.15) is 5.82 Å². The van der Waals surface area contributed by atoms with Gasteiger partial charge in [0.25, 0.3) is 0 Å². The number of alkyl halides is 1. The van der Waals surface area contributed by atoms with Gasteiger partial charge >= 0.3 is 0 Å². The molecule has 0 aromatic heterocycles. The molecule has 2 fully saturated rings. The molecular weight excluding hydrogens is 285 g/mol. The molecule has 4 heteroatoms. The number of benzene rings is 1. The van der Waals surface area contributed by atoms with Crippen molar-refractivity contribution < 1.29 is 9.13 Å². The van der Waals surface area contributed by atoms with Gasteiger partial charge in [0.05, 0.1) is 17.9 Å². The molecule has 2 bridgehead atoms. The third kappa shape index (κ3) is 2.08. The van der Waals surface area contributed by atoms with E-state index in [1.165, 1.54) is 0 Å². The van der Waals surface area contributed by atoms with E-state index in [-0.39, 0.29) is 18.0 Å². The number of anilines is 1. The molecule has 0 radical (unpaired) electrons. The van der Waals surface area contributed by atoms with Gasteiger partial charge in [-0.2, -0.15) is 0 Å². The minimum atomic E-state index is -0.122. The summed E-state index contributed by atoms with van der Waals surface area (Å²) in [7, 11) is 0. The van der Waals surface area contributed by atoms with E-state index in [1.54, 1.807) is 12.1 Å². The first-order chi connectivity index (χ1) is 8.28. The molecule has 3 rings (SSSR count). The Morgan fingerprint density at radius 3 is 2.65 bits per heavy atom. The highest BCUT2D eigenvalue weighted by Gasteiger charge is 2.35. The van der Waals surface area contributed by atoms with Gasteiger partial charge < -0.3 is 9.64 Å². The molecule has 92 valence electrons. The fraction of sp³-hybridized carbons (Fsp3) is 0.538. The standard InChI is InChI=1S/C13H15BrFNO/c14-6-9-2-1-3-12(15)13(9)16-7-10-4-5-11(8-16)17-10/h1-3,10-11H,4-8H2. The van der Waals surface area contributed by atoms with E-state index < -0.39 is 0 Å². The maximum atomic E-state index is 14.0. The molecular formula is C13H15BrFNO. The molecule has 2 heterocycles. The second kappa shape index (κ2) is 4.58. The lowest BCUT2D eigenvalue weighted by atomic mass is 10.1. The predicted octanol–water partition coefficient (Wildman–Crippen LogP) is 3.09. The predicted molar refractivity (Wildman–Crippen MR) is 69.1 cm³/mol. The minimum Gasteiger partial charge on any atom is -0.371 e. The van der Waals surface area contributed by atoms with Crippen LogP contribution in [0.15, 0.2) is 18.2 Å². The highest BCUT2D eigenvalue weighted by molar-refractivity contribution is 9.08. The number of nitrogens with zero attached hydrogens (tertiary/aromatic N) is 1. The van der Waals surface area contributed by atoms with Crippen molar-refractivity contribution in [3.05, 3.63) is 29.6 Å². The highest BCUT2D eigenvalue weighted by Crippen LogP contribution is 2.33. The molecule has 2 atom stereocenters. The smallest absolute Gasteiger partial charge is 0.146 e. The number of hydrogen-bond acceptors (Lipinski definition) is 2. The Hall–Kier alpha value is -0.610. The maximum absolute atomic E-state index is 14.0. The van der Waals surface area contributed by atoms with E-state index in [9.17, 15) is 4.39 Å². The second-order valence-corrected chi connectivity index (χ2v) is 5.30. The summed E-state index contributed by atoms with van der Waals surface area (Å²) in [5.41, 5.74) is 1.77. The Morgan fingerprint density at radius 2 is 2.00 bits per heavy atom. The van der Waals surface area contributed by atoms with Crippen LogP contribution in [0, 0.1) is 5.82 Å². The Morgan fingerprint density at radius 1 is 1.29 bits per heavy atom. The third-order valence-electron chi connectivity index (χ3n) is 3.57. The van der Waals surface area contributed by atoms with Gasteiger partial charge in [-0.05, 0) is 24.5 Å². The zero-order valence-electron chi connectivity index (χ0n) is 9.53. The van der Waals surface area contributed by atoms with Crippen molar-refractivity contribution in [2.45, 2.75) is 30.4 Å². The van der Waals surface area contributed by atoms with Gasteiger partial charge in [-0.1, -0.05) is 28.1 Å². The van der Waals surface area contributed by atoms with Crippen LogP contribution in [0.4, 0.5) is 10.1 Å². The first-order valence-electron chi connectivity index (χ1n) is 6.01. The molecule has 0 saturated carbocycles. The molecule has 2 nitrogen and oxygen atoms in total. The molecule has 1 aromatic carbocycles. The van der Waals surface area contributed by atoms with Crippen molar-refractivity contribution in [2.24, 2.45) is 0 Å². The van der Waals surface area contributed by atoms with Crippen molar-refractivity contribution in [3.63, 3.8) is 0 Å². The van der Waals surface area contributed by atoms with E-state index >= 15 is 0 Å². The van der Waals surface area contributed by atoms with Gasteiger partial charge in [0.2, 0.25) is 0 Å². The SMILES string of the molecule is Fc1cccc(CBr)c1N1CC2CCC(C1)O2. The van der Waals surface area contributed by atoms with E-state index in [0.29, 0.717) is 5.33 Å². The lowest BCUT2D eigenvalue weighted by Crippen LogP contribution is -2.43. The molecule has 2 aliphatic heterocycles. The van der Waals surface area contributed by atoms with Gasteiger partial charge in [0, 0.05) is 18.4 Å². The second-order valence-electron chi connectivity index (χ2n) is 4.74. The number of hydrogen-bond donors (Lipinski definition) is 0. The lowest BCUT2D eigenvalue weighted by Gasteiger charge is -2.35. The van der Waals surface area contributed by atoms with E-state index in [0.717, 1.165) is 37.2 Å². The van der Waals surface area contributed by atoms with E-state index in [1.807, 2.05) is 6.07 Å². The lowest BCUT2D eigenvalue weighted by molar-refractivity contribution is 0.0302. The zero-order chi connectivity index (χ0) is 11.8. The van der Waals surface area contributed by atoms with Crippen LogP contribution in [-0.4, -0.2) is 25.3 Å². The van der Waals surface area contributed by atoms with Crippen LogP contribution >= 0.6 is 15.9 Å². The van der Waals surface area contributed by atoms with Crippen molar-refractivity contribution in [1.82, 2.24) is 0 Å². The Kier molecular flexibility index (Phi) is 3.09. The van der Waals surface area contributed by atoms with Crippen LogP contribution in [0.2, 0.25) is 0 Å². The summed E-state index contributed by atoms with van der Waals surface area (Å²) in [5, 5.41) is 0.687. The molecule has 2 saturated heterocycles. The molecule has 2 unspecified atom stereocenters. The van der Waals surface area contributed by atoms with Crippen LogP contribution in [-0.2, 0) is 10.1 Å². The first kappa shape index (κ1) is 11.5. The molecule has 0 spiro atoms. The van der Waals surface area contributed by atoms with Crippen LogP contribution in [0.1, 0.15) is 18.4 Å². The summed E-state index contributed by atoms with van der Waals surface area (Å²) in [6.45, 7) is 1.63.